The summed E-state index contributed by atoms with van der Waals surface area (Å²) >= 11 is 1.43. The molecule has 1 saturated heterocycles. The number of thiophene rings is 1. The third kappa shape index (κ3) is 2.20. The van der Waals surface area contributed by atoms with Crippen molar-refractivity contribution in [1.82, 2.24) is 9.80 Å². The van der Waals surface area contributed by atoms with Crippen molar-refractivity contribution >= 4 is 22.9 Å². The van der Waals surface area contributed by atoms with Crippen LogP contribution >= 0.6 is 11.3 Å². The molecule has 1 fully saturated rings. The van der Waals surface area contributed by atoms with Crippen molar-refractivity contribution in [2.24, 2.45) is 0 Å². The largest absolute Gasteiger partial charge is 0.397 e. The zero-order valence-corrected chi connectivity index (χ0v) is 10.3. The summed E-state index contributed by atoms with van der Waals surface area (Å²) in [6.07, 6.45) is 0. The second-order valence-corrected chi connectivity index (χ2v) is 4.85. The molecule has 88 valence electrons. The second kappa shape index (κ2) is 4.84. The first-order chi connectivity index (χ1) is 7.72. The summed E-state index contributed by atoms with van der Waals surface area (Å²) in [4.78, 5) is 17.0. The monoisotopic (exact) mass is 239 g/mol. The number of amides is 1. The van der Waals surface area contributed by atoms with Crippen molar-refractivity contribution in [1.29, 1.82) is 0 Å². The highest BCUT2D eigenvalue weighted by Gasteiger charge is 2.23. The van der Waals surface area contributed by atoms with E-state index in [4.69, 9.17) is 5.73 Å². The Morgan fingerprint density at radius 1 is 1.44 bits per heavy atom. The van der Waals surface area contributed by atoms with Gasteiger partial charge in [0, 0.05) is 26.2 Å². The number of piperazine rings is 1. The molecule has 16 heavy (non-hydrogen) atoms. The topological polar surface area (TPSA) is 49.6 Å². The molecule has 2 heterocycles. The van der Waals surface area contributed by atoms with E-state index in [9.17, 15) is 4.79 Å². The normalized spacial score (nSPS) is 17.7. The second-order valence-electron chi connectivity index (χ2n) is 3.93. The third-order valence-corrected chi connectivity index (χ3v) is 3.91. The van der Waals surface area contributed by atoms with Crippen LogP contribution in [-0.4, -0.2) is 48.4 Å². The molecule has 1 amide bonds. The molecule has 1 aromatic rings. The molecule has 0 aliphatic carbocycles. The Labute approximate surface area is 99.6 Å². The van der Waals surface area contributed by atoms with Gasteiger partial charge in [0.2, 0.25) is 0 Å². The zero-order valence-electron chi connectivity index (χ0n) is 9.48. The van der Waals surface area contributed by atoms with E-state index in [0.29, 0.717) is 10.6 Å². The van der Waals surface area contributed by atoms with Crippen LogP contribution in [0.4, 0.5) is 5.69 Å². The number of anilines is 1. The van der Waals surface area contributed by atoms with Gasteiger partial charge in [0.15, 0.2) is 0 Å². The maximum Gasteiger partial charge on any atom is 0.266 e. The number of hydrogen-bond acceptors (Lipinski definition) is 4. The van der Waals surface area contributed by atoms with E-state index in [1.807, 2.05) is 10.3 Å². The predicted octanol–water partition coefficient (Wildman–Crippen LogP) is 1.11. The highest BCUT2D eigenvalue weighted by Crippen LogP contribution is 2.21. The SMILES string of the molecule is CCN1CCN(C(=O)c2sccc2N)CC1. The van der Waals surface area contributed by atoms with E-state index >= 15 is 0 Å². The molecule has 1 aromatic heterocycles. The Balaban J connectivity index is 2.00. The van der Waals surface area contributed by atoms with Gasteiger partial charge in [0.1, 0.15) is 4.88 Å². The number of rotatable bonds is 2. The summed E-state index contributed by atoms with van der Waals surface area (Å²) in [5, 5.41) is 1.87. The van der Waals surface area contributed by atoms with Crippen LogP contribution in [0.15, 0.2) is 11.4 Å². The minimum atomic E-state index is 0.0863. The van der Waals surface area contributed by atoms with Crippen LogP contribution in [0.2, 0.25) is 0 Å². The van der Waals surface area contributed by atoms with Gasteiger partial charge in [-0.05, 0) is 18.0 Å². The fourth-order valence-corrected chi connectivity index (χ4v) is 2.69. The Morgan fingerprint density at radius 3 is 2.62 bits per heavy atom. The maximum atomic E-state index is 12.1. The predicted molar refractivity (Wildman–Crippen MR) is 66.7 cm³/mol. The molecule has 1 aliphatic rings. The highest BCUT2D eigenvalue weighted by atomic mass is 32.1. The van der Waals surface area contributed by atoms with E-state index in [0.717, 1.165) is 32.7 Å². The van der Waals surface area contributed by atoms with E-state index in [1.165, 1.54) is 11.3 Å². The van der Waals surface area contributed by atoms with Crippen LogP contribution in [-0.2, 0) is 0 Å². The molecular formula is C11H17N3OS. The van der Waals surface area contributed by atoms with Crippen molar-refractivity contribution in [3.63, 3.8) is 0 Å². The van der Waals surface area contributed by atoms with Crippen LogP contribution in [0.3, 0.4) is 0 Å². The lowest BCUT2D eigenvalue weighted by atomic mass is 10.3. The van der Waals surface area contributed by atoms with Gasteiger partial charge >= 0.3 is 0 Å². The number of nitrogen functional groups attached to an aromatic ring is 1. The molecule has 2 N–H and O–H groups in total. The fraction of sp³-hybridized carbons (Fsp3) is 0.545. The van der Waals surface area contributed by atoms with Crippen LogP contribution in [0.5, 0.6) is 0 Å². The van der Waals surface area contributed by atoms with Crippen molar-refractivity contribution < 1.29 is 4.79 Å². The van der Waals surface area contributed by atoms with Gasteiger partial charge in [0.05, 0.1) is 5.69 Å². The Hall–Kier alpha value is -1.07. The van der Waals surface area contributed by atoms with E-state index in [2.05, 4.69) is 11.8 Å². The van der Waals surface area contributed by atoms with E-state index < -0.39 is 0 Å². The highest BCUT2D eigenvalue weighted by molar-refractivity contribution is 7.12. The first-order valence-corrected chi connectivity index (χ1v) is 6.45. The molecular weight excluding hydrogens is 222 g/mol. The number of carbonyl (C=O) groups excluding carboxylic acids is 1. The van der Waals surface area contributed by atoms with Crippen LogP contribution in [0, 0.1) is 0 Å². The van der Waals surface area contributed by atoms with Crippen molar-refractivity contribution in [2.45, 2.75) is 6.92 Å². The van der Waals surface area contributed by atoms with E-state index in [-0.39, 0.29) is 5.91 Å². The number of hydrogen-bond donors (Lipinski definition) is 1. The standard InChI is InChI=1S/C11H17N3OS/c1-2-13-4-6-14(7-5-13)11(15)10-9(12)3-8-16-10/h3,8H,2,4-7,12H2,1H3. The van der Waals surface area contributed by atoms with Crippen LogP contribution in [0.1, 0.15) is 16.6 Å². The molecule has 0 bridgehead atoms. The number of nitrogens with zero attached hydrogens (tertiary/aromatic N) is 2. The zero-order chi connectivity index (χ0) is 11.5. The molecule has 4 nitrogen and oxygen atoms in total. The molecule has 0 unspecified atom stereocenters. The van der Waals surface area contributed by atoms with Gasteiger partial charge in [0.25, 0.3) is 5.91 Å². The van der Waals surface area contributed by atoms with Crippen molar-refractivity contribution in [2.75, 3.05) is 38.5 Å². The minimum Gasteiger partial charge on any atom is -0.397 e. The first kappa shape index (κ1) is 11.4. The Bertz CT molecular complexity index is 369. The fourth-order valence-electron chi connectivity index (χ4n) is 1.90. The number of nitrogens with two attached hydrogens (primary N) is 1. The van der Waals surface area contributed by atoms with E-state index in [1.54, 1.807) is 6.07 Å². The van der Waals surface area contributed by atoms with Gasteiger partial charge in [-0.1, -0.05) is 6.92 Å². The molecule has 0 radical (unpaired) electrons. The van der Waals surface area contributed by atoms with Crippen LogP contribution < -0.4 is 5.73 Å². The molecule has 1 aliphatic heterocycles. The smallest absolute Gasteiger partial charge is 0.266 e. The summed E-state index contributed by atoms with van der Waals surface area (Å²) in [5.41, 5.74) is 6.36. The third-order valence-electron chi connectivity index (χ3n) is 3.00. The summed E-state index contributed by atoms with van der Waals surface area (Å²) in [6, 6.07) is 1.79. The van der Waals surface area contributed by atoms with Gasteiger partial charge in [-0.15, -0.1) is 11.3 Å². The van der Waals surface area contributed by atoms with Gasteiger partial charge in [-0.3, -0.25) is 4.79 Å². The lowest BCUT2D eigenvalue weighted by Gasteiger charge is -2.33. The summed E-state index contributed by atoms with van der Waals surface area (Å²) in [7, 11) is 0. The number of likely N-dealkylation sites (N-methyl/N-ethyl adjacent to an activating group) is 1. The molecule has 0 saturated carbocycles. The average molecular weight is 239 g/mol. The quantitative estimate of drug-likeness (QED) is 0.841. The summed E-state index contributed by atoms with van der Waals surface area (Å²) in [6.45, 7) is 6.76. The molecule has 0 spiro atoms. The van der Waals surface area contributed by atoms with Crippen molar-refractivity contribution in [3.8, 4) is 0 Å². The summed E-state index contributed by atoms with van der Waals surface area (Å²) < 4.78 is 0. The maximum absolute atomic E-state index is 12.1. The Kier molecular flexibility index (Phi) is 3.46. The van der Waals surface area contributed by atoms with Crippen molar-refractivity contribution in [3.05, 3.63) is 16.3 Å². The average Bonchev–Trinajstić information content (AvgIpc) is 2.75. The lowest BCUT2D eigenvalue weighted by molar-refractivity contribution is 0.0649. The molecule has 2 rings (SSSR count). The van der Waals surface area contributed by atoms with Gasteiger partial charge < -0.3 is 15.5 Å². The lowest BCUT2D eigenvalue weighted by Crippen LogP contribution is -2.48. The van der Waals surface area contributed by atoms with Gasteiger partial charge in [-0.25, -0.2) is 0 Å². The molecule has 0 atom stereocenters. The van der Waals surface area contributed by atoms with Gasteiger partial charge in [-0.2, -0.15) is 0 Å². The molecule has 5 heteroatoms. The first-order valence-electron chi connectivity index (χ1n) is 5.57. The van der Waals surface area contributed by atoms with Crippen LogP contribution in [0.25, 0.3) is 0 Å². The molecule has 0 aromatic carbocycles. The Morgan fingerprint density at radius 2 is 2.12 bits per heavy atom. The summed E-state index contributed by atoms with van der Waals surface area (Å²) in [5.74, 6) is 0.0863. The minimum absolute atomic E-state index is 0.0863. The number of carbonyl (C=O) groups is 1.